The number of aliphatic hydroxyl groups excluding tert-OH is 1. The summed E-state index contributed by atoms with van der Waals surface area (Å²) in [5.74, 6) is 1.75. The van der Waals surface area contributed by atoms with Gasteiger partial charge in [-0.25, -0.2) is 0 Å². The summed E-state index contributed by atoms with van der Waals surface area (Å²) in [6.45, 7) is 1.25. The minimum absolute atomic E-state index is 0.166. The first kappa shape index (κ1) is 7.94. The van der Waals surface area contributed by atoms with Crippen LogP contribution in [-0.4, -0.2) is 25.1 Å². The number of aliphatic hydroxyl groups is 1. The molecule has 0 fully saturated rings. The molecule has 2 aliphatic rings. The minimum Gasteiger partial charge on any atom is -0.454 e. The average Bonchev–Trinajstić information content (AvgIpc) is 2.78. The third kappa shape index (κ3) is 0.974. The molecule has 0 aromatic heterocycles. The highest BCUT2D eigenvalue weighted by atomic mass is 16.7. The van der Waals surface area contributed by atoms with Gasteiger partial charge in [0.15, 0.2) is 11.5 Å². The molecule has 0 aliphatic carbocycles. The van der Waals surface area contributed by atoms with Gasteiger partial charge in [-0.2, -0.15) is 0 Å². The third-order valence-electron chi connectivity index (χ3n) is 2.74. The quantitative estimate of drug-likeness (QED) is 0.696. The number of nitrogens with one attached hydrogen (secondary N) is 1. The highest BCUT2D eigenvalue weighted by molar-refractivity contribution is 5.65. The molecule has 2 aliphatic heterocycles. The number of ether oxygens (including phenoxy) is 2. The lowest BCUT2D eigenvalue weighted by molar-refractivity contribution is 0.174. The standard InChI is InChI=1S/C10H11NO3/c12-4-6-3-11-8-2-10-9(1-7(6)8)13-5-14-10/h1-2,6,11-12H,3-5H2. The molecule has 0 amide bonds. The number of hydrogen-bond donors (Lipinski definition) is 2. The van der Waals surface area contributed by atoms with E-state index < -0.39 is 0 Å². The molecule has 4 heteroatoms. The Kier molecular flexibility index (Phi) is 1.58. The van der Waals surface area contributed by atoms with Gasteiger partial charge in [-0.15, -0.1) is 0 Å². The summed E-state index contributed by atoms with van der Waals surface area (Å²) in [7, 11) is 0. The summed E-state index contributed by atoms with van der Waals surface area (Å²) in [6.07, 6.45) is 0. The number of rotatable bonds is 1. The van der Waals surface area contributed by atoms with Gasteiger partial charge in [0.2, 0.25) is 6.79 Å². The van der Waals surface area contributed by atoms with Gasteiger partial charge < -0.3 is 19.9 Å². The van der Waals surface area contributed by atoms with Crippen LogP contribution < -0.4 is 14.8 Å². The minimum atomic E-state index is 0.166. The van der Waals surface area contributed by atoms with Crippen molar-refractivity contribution >= 4 is 5.69 Å². The smallest absolute Gasteiger partial charge is 0.231 e. The van der Waals surface area contributed by atoms with Crippen LogP contribution in [0.3, 0.4) is 0 Å². The van der Waals surface area contributed by atoms with Crippen LogP contribution in [-0.2, 0) is 0 Å². The summed E-state index contributed by atoms with van der Waals surface area (Å²) in [4.78, 5) is 0. The summed E-state index contributed by atoms with van der Waals surface area (Å²) >= 11 is 0. The molecule has 4 nitrogen and oxygen atoms in total. The Hall–Kier alpha value is -1.42. The second-order valence-electron chi connectivity index (χ2n) is 3.55. The van der Waals surface area contributed by atoms with E-state index in [1.165, 1.54) is 0 Å². The zero-order chi connectivity index (χ0) is 9.54. The van der Waals surface area contributed by atoms with E-state index in [4.69, 9.17) is 14.6 Å². The van der Waals surface area contributed by atoms with Crippen molar-refractivity contribution < 1.29 is 14.6 Å². The monoisotopic (exact) mass is 193 g/mol. The van der Waals surface area contributed by atoms with Crippen molar-refractivity contribution in [2.24, 2.45) is 0 Å². The number of benzene rings is 1. The molecule has 1 aromatic rings. The van der Waals surface area contributed by atoms with Crippen LogP contribution in [0.15, 0.2) is 12.1 Å². The van der Waals surface area contributed by atoms with Gasteiger partial charge in [0.25, 0.3) is 0 Å². The maximum atomic E-state index is 9.15. The fourth-order valence-corrected chi connectivity index (χ4v) is 1.95. The van der Waals surface area contributed by atoms with Gasteiger partial charge in [0.05, 0.1) is 6.61 Å². The van der Waals surface area contributed by atoms with Crippen LogP contribution in [0.4, 0.5) is 5.69 Å². The molecule has 74 valence electrons. The summed E-state index contributed by atoms with van der Waals surface area (Å²) in [5.41, 5.74) is 2.17. The van der Waals surface area contributed by atoms with Crippen LogP contribution >= 0.6 is 0 Å². The molecule has 2 heterocycles. The Morgan fingerprint density at radius 1 is 1.36 bits per heavy atom. The first-order chi connectivity index (χ1) is 6.88. The van der Waals surface area contributed by atoms with E-state index in [9.17, 15) is 0 Å². The van der Waals surface area contributed by atoms with Crippen LogP contribution in [0.2, 0.25) is 0 Å². The second-order valence-corrected chi connectivity index (χ2v) is 3.55. The van der Waals surface area contributed by atoms with Crippen molar-refractivity contribution in [1.82, 2.24) is 0 Å². The highest BCUT2D eigenvalue weighted by Crippen LogP contribution is 2.42. The maximum Gasteiger partial charge on any atom is 0.231 e. The van der Waals surface area contributed by atoms with E-state index in [2.05, 4.69) is 5.32 Å². The van der Waals surface area contributed by atoms with Crippen molar-refractivity contribution in [3.05, 3.63) is 17.7 Å². The lowest BCUT2D eigenvalue weighted by Crippen LogP contribution is -2.05. The van der Waals surface area contributed by atoms with E-state index in [1.807, 2.05) is 12.1 Å². The molecule has 2 N–H and O–H groups in total. The van der Waals surface area contributed by atoms with Crippen LogP contribution in [0, 0.1) is 0 Å². The van der Waals surface area contributed by atoms with Gasteiger partial charge in [0, 0.05) is 24.2 Å². The summed E-state index contributed by atoms with van der Waals surface area (Å²) in [5, 5.41) is 12.4. The lowest BCUT2D eigenvalue weighted by atomic mass is 10.0. The molecule has 3 rings (SSSR count). The topological polar surface area (TPSA) is 50.7 Å². The van der Waals surface area contributed by atoms with Gasteiger partial charge in [-0.3, -0.25) is 0 Å². The highest BCUT2D eigenvalue weighted by Gasteiger charge is 2.26. The van der Waals surface area contributed by atoms with Crippen molar-refractivity contribution in [2.75, 3.05) is 25.3 Å². The van der Waals surface area contributed by atoms with E-state index in [1.54, 1.807) is 0 Å². The van der Waals surface area contributed by atoms with E-state index in [-0.39, 0.29) is 12.5 Å². The molecule has 0 saturated heterocycles. The molecule has 1 atom stereocenters. The summed E-state index contributed by atoms with van der Waals surface area (Å²) < 4.78 is 10.6. The molecular formula is C10H11NO3. The average molecular weight is 193 g/mol. The lowest BCUT2D eigenvalue weighted by Gasteiger charge is -2.06. The Morgan fingerprint density at radius 2 is 2.14 bits per heavy atom. The van der Waals surface area contributed by atoms with E-state index in [0.717, 1.165) is 29.3 Å². The molecule has 0 bridgehead atoms. The third-order valence-corrected chi connectivity index (χ3v) is 2.74. The van der Waals surface area contributed by atoms with Gasteiger partial charge in [0.1, 0.15) is 0 Å². The molecule has 0 saturated carbocycles. The van der Waals surface area contributed by atoms with E-state index >= 15 is 0 Å². The molecule has 0 radical (unpaired) electrons. The second kappa shape index (κ2) is 2.78. The summed E-state index contributed by atoms with van der Waals surface area (Å²) in [6, 6.07) is 3.89. The zero-order valence-electron chi connectivity index (χ0n) is 7.62. The van der Waals surface area contributed by atoms with Gasteiger partial charge in [-0.1, -0.05) is 0 Å². The number of hydrogen-bond acceptors (Lipinski definition) is 4. The van der Waals surface area contributed by atoms with E-state index in [0.29, 0.717) is 6.79 Å². The Morgan fingerprint density at radius 3 is 2.93 bits per heavy atom. The SMILES string of the molecule is OCC1CNc2cc3c(cc21)OCO3. The zero-order valence-corrected chi connectivity index (χ0v) is 7.62. The fraction of sp³-hybridized carbons (Fsp3) is 0.400. The normalized spacial score (nSPS) is 21.9. The predicted molar refractivity (Wildman–Crippen MR) is 50.9 cm³/mol. The number of fused-ring (bicyclic) bond motifs is 2. The Bertz CT molecular complexity index is 378. The van der Waals surface area contributed by atoms with Crippen molar-refractivity contribution in [3.8, 4) is 11.5 Å². The molecular weight excluding hydrogens is 182 g/mol. The van der Waals surface area contributed by atoms with Crippen molar-refractivity contribution in [3.63, 3.8) is 0 Å². The van der Waals surface area contributed by atoms with Crippen molar-refractivity contribution in [1.29, 1.82) is 0 Å². The fourth-order valence-electron chi connectivity index (χ4n) is 1.95. The van der Waals surface area contributed by atoms with Gasteiger partial charge in [-0.05, 0) is 11.6 Å². The van der Waals surface area contributed by atoms with Crippen molar-refractivity contribution in [2.45, 2.75) is 5.92 Å². The van der Waals surface area contributed by atoms with Crippen LogP contribution in [0.1, 0.15) is 11.5 Å². The molecule has 14 heavy (non-hydrogen) atoms. The first-order valence-corrected chi connectivity index (χ1v) is 4.67. The maximum absolute atomic E-state index is 9.15. The Balaban J connectivity index is 2.09. The molecule has 0 spiro atoms. The largest absolute Gasteiger partial charge is 0.454 e. The number of anilines is 1. The Labute approximate surface area is 81.5 Å². The molecule has 1 unspecified atom stereocenters. The molecule has 1 aromatic carbocycles. The van der Waals surface area contributed by atoms with Crippen LogP contribution in [0.25, 0.3) is 0 Å². The first-order valence-electron chi connectivity index (χ1n) is 4.67. The predicted octanol–water partition coefficient (Wildman–Crippen LogP) is 0.917. The van der Waals surface area contributed by atoms with Gasteiger partial charge >= 0.3 is 0 Å². The van der Waals surface area contributed by atoms with Crippen LogP contribution in [0.5, 0.6) is 11.5 Å².